The Hall–Kier alpha value is -3.60. The average molecular weight is 292 g/mol. The van der Waals surface area contributed by atoms with Gasteiger partial charge in [0, 0.05) is 11.6 Å². The molecule has 0 aliphatic heterocycles. The summed E-state index contributed by atoms with van der Waals surface area (Å²) in [5, 5.41) is 27.5. The lowest BCUT2D eigenvalue weighted by atomic mass is 10.1. The van der Waals surface area contributed by atoms with Gasteiger partial charge in [0.05, 0.1) is 22.8 Å². The molecule has 0 aliphatic carbocycles. The summed E-state index contributed by atoms with van der Waals surface area (Å²) in [5.41, 5.74) is 1.77. The Morgan fingerprint density at radius 3 is 2.82 bits per heavy atom. The summed E-state index contributed by atoms with van der Waals surface area (Å²) in [5.74, 6) is 0.417. The molecule has 1 aromatic carbocycles. The maximum absolute atomic E-state index is 10.6. The number of nitrogens with zero attached hydrogens (tertiary/aromatic N) is 6. The SMILES string of the molecule is N#Cc1cccc(-c2cn(-c3ccc([N+](=O)[O-])cn3)nn2)c1. The maximum Gasteiger partial charge on any atom is 0.287 e. The van der Waals surface area contributed by atoms with Gasteiger partial charge >= 0.3 is 0 Å². The Morgan fingerprint density at radius 1 is 1.27 bits per heavy atom. The molecule has 0 atom stereocenters. The zero-order chi connectivity index (χ0) is 15.5. The second-order valence-electron chi connectivity index (χ2n) is 4.37. The lowest BCUT2D eigenvalue weighted by Gasteiger charge is -1.98. The minimum Gasteiger partial charge on any atom is -0.258 e. The highest BCUT2D eigenvalue weighted by molar-refractivity contribution is 5.60. The fraction of sp³-hybridized carbons (Fsp3) is 0. The number of rotatable bonds is 3. The highest BCUT2D eigenvalue weighted by Gasteiger charge is 2.09. The molecule has 0 saturated heterocycles. The molecule has 8 nitrogen and oxygen atoms in total. The van der Waals surface area contributed by atoms with Crippen LogP contribution >= 0.6 is 0 Å². The van der Waals surface area contributed by atoms with E-state index in [4.69, 9.17) is 5.26 Å². The molecule has 22 heavy (non-hydrogen) atoms. The number of hydrogen-bond acceptors (Lipinski definition) is 6. The molecule has 106 valence electrons. The number of benzene rings is 1. The molecular weight excluding hydrogens is 284 g/mol. The van der Waals surface area contributed by atoms with Gasteiger partial charge in [0.25, 0.3) is 5.69 Å². The topological polar surface area (TPSA) is 111 Å². The summed E-state index contributed by atoms with van der Waals surface area (Å²) in [6, 6.07) is 11.9. The van der Waals surface area contributed by atoms with Crippen LogP contribution in [-0.2, 0) is 0 Å². The molecule has 3 aromatic rings. The summed E-state index contributed by atoms with van der Waals surface area (Å²) in [7, 11) is 0. The van der Waals surface area contributed by atoms with Gasteiger partial charge in [-0.1, -0.05) is 17.3 Å². The summed E-state index contributed by atoms with van der Waals surface area (Å²) >= 11 is 0. The normalized spacial score (nSPS) is 10.1. The van der Waals surface area contributed by atoms with E-state index in [1.165, 1.54) is 16.8 Å². The predicted molar refractivity (Wildman–Crippen MR) is 76.0 cm³/mol. The highest BCUT2D eigenvalue weighted by atomic mass is 16.6. The van der Waals surface area contributed by atoms with Crippen LogP contribution in [0.25, 0.3) is 17.1 Å². The second kappa shape index (κ2) is 5.41. The van der Waals surface area contributed by atoms with Crippen LogP contribution in [0.5, 0.6) is 0 Å². The average Bonchev–Trinajstić information content (AvgIpc) is 3.05. The lowest BCUT2D eigenvalue weighted by Crippen LogP contribution is -1.98. The van der Waals surface area contributed by atoms with Gasteiger partial charge in [-0.25, -0.2) is 9.67 Å². The number of hydrogen-bond donors (Lipinski definition) is 0. The van der Waals surface area contributed by atoms with Crippen molar-refractivity contribution >= 4 is 5.69 Å². The molecule has 0 amide bonds. The maximum atomic E-state index is 10.6. The predicted octanol–water partition coefficient (Wildman–Crippen LogP) is 2.11. The first-order valence-corrected chi connectivity index (χ1v) is 6.21. The van der Waals surface area contributed by atoms with Gasteiger partial charge < -0.3 is 0 Å². The van der Waals surface area contributed by atoms with Crippen LogP contribution in [0.2, 0.25) is 0 Å². The quantitative estimate of drug-likeness (QED) is 0.540. The minimum absolute atomic E-state index is 0.0918. The molecule has 2 heterocycles. The van der Waals surface area contributed by atoms with Crippen LogP contribution in [0.3, 0.4) is 0 Å². The van der Waals surface area contributed by atoms with Crippen molar-refractivity contribution in [3.05, 3.63) is 64.5 Å². The fourth-order valence-electron chi connectivity index (χ4n) is 1.88. The number of nitro groups is 1. The molecule has 0 saturated carbocycles. The Bertz CT molecular complexity index is 879. The second-order valence-corrected chi connectivity index (χ2v) is 4.37. The van der Waals surface area contributed by atoms with Crippen molar-refractivity contribution in [1.82, 2.24) is 20.0 Å². The summed E-state index contributed by atoms with van der Waals surface area (Å²) in [6.07, 6.45) is 2.80. The van der Waals surface area contributed by atoms with Crippen LogP contribution in [0, 0.1) is 21.4 Å². The molecule has 2 aromatic heterocycles. The number of pyridine rings is 1. The number of nitriles is 1. The van der Waals surface area contributed by atoms with Crippen LogP contribution < -0.4 is 0 Å². The lowest BCUT2D eigenvalue weighted by molar-refractivity contribution is -0.385. The van der Waals surface area contributed by atoms with Gasteiger partial charge in [-0.3, -0.25) is 10.1 Å². The Balaban J connectivity index is 1.93. The van der Waals surface area contributed by atoms with Crippen molar-refractivity contribution in [3.63, 3.8) is 0 Å². The molecule has 8 heteroatoms. The fourth-order valence-corrected chi connectivity index (χ4v) is 1.88. The Labute approximate surface area is 124 Å². The van der Waals surface area contributed by atoms with E-state index in [0.717, 1.165) is 11.8 Å². The molecule has 0 spiro atoms. The Kier molecular flexibility index (Phi) is 3.29. The van der Waals surface area contributed by atoms with E-state index in [0.29, 0.717) is 17.1 Å². The van der Waals surface area contributed by atoms with E-state index in [2.05, 4.69) is 21.4 Å². The first-order valence-electron chi connectivity index (χ1n) is 6.21. The molecular formula is C14H8N6O2. The van der Waals surface area contributed by atoms with E-state index >= 15 is 0 Å². The van der Waals surface area contributed by atoms with E-state index < -0.39 is 4.92 Å². The standard InChI is InChI=1S/C14H8N6O2/c15-7-10-2-1-3-11(6-10)13-9-19(18-17-13)14-5-4-12(8-16-14)20(21)22/h1-6,8-9H. The van der Waals surface area contributed by atoms with Gasteiger partial charge in [-0.15, -0.1) is 5.10 Å². The van der Waals surface area contributed by atoms with Crippen LogP contribution in [-0.4, -0.2) is 24.9 Å². The molecule has 0 N–H and O–H groups in total. The minimum atomic E-state index is -0.517. The van der Waals surface area contributed by atoms with Gasteiger partial charge in [0.15, 0.2) is 5.82 Å². The Morgan fingerprint density at radius 2 is 2.14 bits per heavy atom. The first-order chi connectivity index (χ1) is 10.7. The summed E-state index contributed by atoms with van der Waals surface area (Å²) in [6.45, 7) is 0. The third-order valence-electron chi connectivity index (χ3n) is 2.96. The van der Waals surface area contributed by atoms with E-state index in [1.807, 2.05) is 6.07 Å². The zero-order valence-electron chi connectivity index (χ0n) is 11.1. The van der Waals surface area contributed by atoms with Gasteiger partial charge in [-0.2, -0.15) is 5.26 Å². The van der Waals surface area contributed by atoms with E-state index in [1.54, 1.807) is 24.4 Å². The molecule has 0 radical (unpaired) electrons. The van der Waals surface area contributed by atoms with E-state index in [9.17, 15) is 10.1 Å². The van der Waals surface area contributed by atoms with Crippen molar-refractivity contribution in [2.75, 3.05) is 0 Å². The largest absolute Gasteiger partial charge is 0.287 e. The molecule has 0 bridgehead atoms. The van der Waals surface area contributed by atoms with Gasteiger partial charge in [0.2, 0.25) is 0 Å². The molecule has 3 rings (SSSR count). The number of aromatic nitrogens is 4. The van der Waals surface area contributed by atoms with Gasteiger partial charge in [-0.05, 0) is 18.2 Å². The highest BCUT2D eigenvalue weighted by Crippen LogP contribution is 2.19. The smallest absolute Gasteiger partial charge is 0.258 e. The van der Waals surface area contributed by atoms with Crippen molar-refractivity contribution in [3.8, 4) is 23.1 Å². The van der Waals surface area contributed by atoms with Crippen molar-refractivity contribution in [2.45, 2.75) is 0 Å². The van der Waals surface area contributed by atoms with Crippen molar-refractivity contribution < 1.29 is 4.92 Å². The third kappa shape index (κ3) is 2.51. The molecule has 0 fully saturated rings. The molecule has 0 unspecified atom stereocenters. The van der Waals surface area contributed by atoms with Crippen molar-refractivity contribution in [2.24, 2.45) is 0 Å². The van der Waals surface area contributed by atoms with E-state index in [-0.39, 0.29) is 5.69 Å². The van der Waals surface area contributed by atoms with Crippen LogP contribution in [0.4, 0.5) is 5.69 Å². The van der Waals surface area contributed by atoms with Crippen LogP contribution in [0.1, 0.15) is 5.56 Å². The summed E-state index contributed by atoms with van der Waals surface area (Å²) in [4.78, 5) is 14.1. The third-order valence-corrected chi connectivity index (χ3v) is 2.96. The molecule has 0 aliphatic rings. The van der Waals surface area contributed by atoms with Gasteiger partial charge in [0.1, 0.15) is 11.9 Å². The zero-order valence-corrected chi connectivity index (χ0v) is 11.1. The first kappa shape index (κ1) is 13.4. The van der Waals surface area contributed by atoms with Crippen LogP contribution in [0.15, 0.2) is 48.8 Å². The summed E-state index contributed by atoms with van der Waals surface area (Å²) < 4.78 is 1.41. The monoisotopic (exact) mass is 292 g/mol. The van der Waals surface area contributed by atoms with Crippen molar-refractivity contribution in [1.29, 1.82) is 5.26 Å².